The van der Waals surface area contributed by atoms with Gasteiger partial charge in [-0.1, -0.05) is 34.6 Å². The SMILES string of the molecule is CC(C)CCN(CCC(C)C)CC(C)CNC(C)(C)C. The lowest BCUT2D eigenvalue weighted by Gasteiger charge is -2.29. The van der Waals surface area contributed by atoms with E-state index in [1.54, 1.807) is 0 Å². The summed E-state index contributed by atoms with van der Waals surface area (Å²) in [5, 5.41) is 3.63. The summed E-state index contributed by atoms with van der Waals surface area (Å²) >= 11 is 0. The molecule has 1 atom stereocenters. The minimum absolute atomic E-state index is 0.231. The molecule has 0 saturated carbocycles. The topological polar surface area (TPSA) is 15.3 Å². The van der Waals surface area contributed by atoms with Gasteiger partial charge in [-0.25, -0.2) is 0 Å². The Balaban J connectivity index is 4.17. The molecule has 0 amide bonds. The van der Waals surface area contributed by atoms with Crippen LogP contribution in [0.3, 0.4) is 0 Å². The third kappa shape index (κ3) is 12.9. The Morgan fingerprint density at radius 3 is 1.65 bits per heavy atom. The van der Waals surface area contributed by atoms with Gasteiger partial charge in [0.15, 0.2) is 0 Å². The van der Waals surface area contributed by atoms with Crippen LogP contribution in [0.4, 0.5) is 0 Å². The number of hydrogen-bond acceptors (Lipinski definition) is 2. The molecule has 0 aromatic rings. The summed E-state index contributed by atoms with van der Waals surface area (Å²) in [6, 6.07) is 0. The Hall–Kier alpha value is -0.0800. The molecule has 1 N–H and O–H groups in total. The Morgan fingerprint density at radius 2 is 1.30 bits per heavy atom. The standard InChI is InChI=1S/C18H40N2/c1-15(2)9-11-20(12-10-16(3)4)14-17(5)13-19-18(6,7)8/h15-17,19H,9-14H2,1-8H3. The summed E-state index contributed by atoms with van der Waals surface area (Å²) in [4.78, 5) is 2.68. The number of hydrogen-bond donors (Lipinski definition) is 1. The van der Waals surface area contributed by atoms with Crippen LogP contribution in [0.25, 0.3) is 0 Å². The van der Waals surface area contributed by atoms with Gasteiger partial charge in [-0.05, 0) is 71.0 Å². The van der Waals surface area contributed by atoms with Crippen LogP contribution < -0.4 is 5.32 Å². The maximum Gasteiger partial charge on any atom is 0.00966 e. The van der Waals surface area contributed by atoms with E-state index < -0.39 is 0 Å². The summed E-state index contributed by atoms with van der Waals surface area (Å²) < 4.78 is 0. The zero-order chi connectivity index (χ0) is 15.8. The summed E-state index contributed by atoms with van der Waals surface area (Å²) in [6.45, 7) is 23.3. The van der Waals surface area contributed by atoms with E-state index in [1.807, 2.05) is 0 Å². The molecule has 122 valence electrons. The van der Waals surface area contributed by atoms with Crippen LogP contribution in [-0.4, -0.2) is 36.6 Å². The van der Waals surface area contributed by atoms with Crippen molar-refractivity contribution in [3.05, 3.63) is 0 Å². The molecule has 0 aliphatic rings. The van der Waals surface area contributed by atoms with Crippen molar-refractivity contribution in [3.63, 3.8) is 0 Å². The molecule has 20 heavy (non-hydrogen) atoms. The van der Waals surface area contributed by atoms with Crippen molar-refractivity contribution in [2.75, 3.05) is 26.2 Å². The predicted octanol–water partition coefficient (Wildman–Crippen LogP) is 4.40. The molecule has 0 aliphatic heterocycles. The lowest BCUT2D eigenvalue weighted by Crippen LogP contribution is -2.42. The van der Waals surface area contributed by atoms with Gasteiger partial charge in [-0.3, -0.25) is 0 Å². The fraction of sp³-hybridized carbons (Fsp3) is 1.00. The maximum atomic E-state index is 3.63. The molecule has 2 nitrogen and oxygen atoms in total. The smallest absolute Gasteiger partial charge is 0.00966 e. The van der Waals surface area contributed by atoms with Gasteiger partial charge in [0.25, 0.3) is 0 Å². The normalized spacial score (nSPS) is 14.6. The average molecular weight is 285 g/mol. The second-order valence-corrected chi connectivity index (χ2v) is 8.40. The molecule has 0 bridgehead atoms. The number of rotatable bonds is 10. The molecule has 0 radical (unpaired) electrons. The lowest BCUT2D eigenvalue weighted by molar-refractivity contribution is 0.207. The van der Waals surface area contributed by atoms with E-state index in [0.717, 1.165) is 18.4 Å². The minimum atomic E-state index is 0.231. The Bertz CT molecular complexity index is 216. The van der Waals surface area contributed by atoms with Crippen LogP contribution >= 0.6 is 0 Å². The van der Waals surface area contributed by atoms with Gasteiger partial charge in [0.1, 0.15) is 0 Å². The molecule has 0 saturated heterocycles. The van der Waals surface area contributed by atoms with Crippen molar-refractivity contribution in [1.82, 2.24) is 10.2 Å². The molecule has 1 unspecified atom stereocenters. The van der Waals surface area contributed by atoms with Gasteiger partial charge in [0, 0.05) is 12.1 Å². The van der Waals surface area contributed by atoms with Crippen molar-refractivity contribution < 1.29 is 0 Å². The molecule has 0 spiro atoms. The van der Waals surface area contributed by atoms with Crippen molar-refractivity contribution in [3.8, 4) is 0 Å². The molecular formula is C18H40N2. The van der Waals surface area contributed by atoms with Gasteiger partial charge < -0.3 is 10.2 Å². The molecule has 0 fully saturated rings. The van der Waals surface area contributed by atoms with E-state index in [0.29, 0.717) is 5.92 Å². The fourth-order valence-corrected chi connectivity index (χ4v) is 2.16. The van der Waals surface area contributed by atoms with E-state index in [-0.39, 0.29) is 5.54 Å². The quantitative estimate of drug-likeness (QED) is 0.639. The lowest BCUT2D eigenvalue weighted by atomic mass is 10.0. The number of nitrogens with one attached hydrogen (secondary N) is 1. The van der Waals surface area contributed by atoms with Crippen LogP contribution in [0.2, 0.25) is 0 Å². The largest absolute Gasteiger partial charge is 0.312 e. The summed E-state index contributed by atoms with van der Waals surface area (Å²) in [5.74, 6) is 2.33. The third-order valence-electron chi connectivity index (χ3n) is 3.60. The minimum Gasteiger partial charge on any atom is -0.312 e. The fourth-order valence-electron chi connectivity index (χ4n) is 2.16. The van der Waals surface area contributed by atoms with Crippen LogP contribution in [0.1, 0.15) is 68.2 Å². The first kappa shape index (κ1) is 19.9. The van der Waals surface area contributed by atoms with E-state index >= 15 is 0 Å². The first-order valence-electron chi connectivity index (χ1n) is 8.57. The van der Waals surface area contributed by atoms with Crippen molar-refractivity contribution in [2.45, 2.75) is 73.8 Å². The zero-order valence-electron chi connectivity index (χ0n) is 15.4. The maximum absolute atomic E-state index is 3.63. The molecule has 2 heteroatoms. The van der Waals surface area contributed by atoms with Crippen LogP contribution in [-0.2, 0) is 0 Å². The molecule has 0 aromatic carbocycles. The highest BCUT2D eigenvalue weighted by Gasteiger charge is 2.14. The summed E-state index contributed by atoms with van der Waals surface area (Å²) in [7, 11) is 0. The number of nitrogens with zero attached hydrogens (tertiary/aromatic N) is 1. The van der Waals surface area contributed by atoms with E-state index in [1.165, 1.54) is 32.5 Å². The van der Waals surface area contributed by atoms with Crippen molar-refractivity contribution >= 4 is 0 Å². The Kier molecular flexibility index (Phi) is 9.74. The van der Waals surface area contributed by atoms with Crippen molar-refractivity contribution in [1.29, 1.82) is 0 Å². The van der Waals surface area contributed by atoms with Crippen LogP contribution in [0.15, 0.2) is 0 Å². The van der Waals surface area contributed by atoms with Crippen molar-refractivity contribution in [2.24, 2.45) is 17.8 Å². The van der Waals surface area contributed by atoms with Gasteiger partial charge in [-0.2, -0.15) is 0 Å². The zero-order valence-corrected chi connectivity index (χ0v) is 15.4. The average Bonchev–Trinajstić information content (AvgIpc) is 2.28. The van der Waals surface area contributed by atoms with E-state index in [9.17, 15) is 0 Å². The second kappa shape index (κ2) is 9.78. The van der Waals surface area contributed by atoms with Gasteiger partial charge in [-0.15, -0.1) is 0 Å². The summed E-state index contributed by atoms with van der Waals surface area (Å²) in [6.07, 6.45) is 2.63. The predicted molar refractivity (Wildman–Crippen MR) is 92.3 cm³/mol. The monoisotopic (exact) mass is 284 g/mol. The first-order chi connectivity index (χ1) is 9.10. The molecule has 0 aliphatic carbocycles. The van der Waals surface area contributed by atoms with Crippen LogP contribution in [0, 0.1) is 17.8 Å². The summed E-state index contributed by atoms with van der Waals surface area (Å²) in [5.41, 5.74) is 0.231. The highest BCUT2D eigenvalue weighted by molar-refractivity contribution is 4.74. The first-order valence-corrected chi connectivity index (χ1v) is 8.57. The molecule has 0 heterocycles. The highest BCUT2D eigenvalue weighted by Crippen LogP contribution is 2.10. The van der Waals surface area contributed by atoms with E-state index in [4.69, 9.17) is 0 Å². The van der Waals surface area contributed by atoms with Gasteiger partial charge >= 0.3 is 0 Å². The van der Waals surface area contributed by atoms with Gasteiger partial charge in [0.05, 0.1) is 0 Å². The Morgan fingerprint density at radius 1 is 0.850 bits per heavy atom. The highest BCUT2D eigenvalue weighted by atomic mass is 15.1. The Labute approximate surface area is 128 Å². The molecule has 0 rings (SSSR count). The van der Waals surface area contributed by atoms with Crippen LogP contribution in [0.5, 0.6) is 0 Å². The van der Waals surface area contributed by atoms with E-state index in [2.05, 4.69) is 65.6 Å². The molecule has 0 aromatic heterocycles. The second-order valence-electron chi connectivity index (χ2n) is 8.40. The molecular weight excluding hydrogens is 244 g/mol. The third-order valence-corrected chi connectivity index (χ3v) is 3.60. The van der Waals surface area contributed by atoms with Gasteiger partial charge in [0.2, 0.25) is 0 Å².